The van der Waals surface area contributed by atoms with Crippen molar-refractivity contribution in [2.75, 3.05) is 31.1 Å². The van der Waals surface area contributed by atoms with E-state index in [0.29, 0.717) is 24.9 Å². The molecule has 2 saturated heterocycles. The topological polar surface area (TPSA) is 88.8 Å². The number of anilines is 1. The lowest BCUT2D eigenvalue weighted by atomic mass is 10.0. The molecule has 0 aliphatic carbocycles. The second-order valence-electron chi connectivity index (χ2n) is 7.44. The quantitative estimate of drug-likeness (QED) is 0.609. The van der Waals surface area contributed by atoms with Crippen LogP contribution in [0, 0.1) is 22.0 Å². The number of pyridine rings is 1. The van der Waals surface area contributed by atoms with Gasteiger partial charge >= 0.3 is 11.9 Å². The summed E-state index contributed by atoms with van der Waals surface area (Å²) in [6, 6.07) is 3.16. The van der Waals surface area contributed by atoms with Crippen LogP contribution in [-0.2, 0) is 4.74 Å². The zero-order chi connectivity index (χ0) is 17.5. The van der Waals surface area contributed by atoms with E-state index in [-0.39, 0.29) is 11.9 Å². The van der Waals surface area contributed by atoms with Crippen molar-refractivity contribution >= 4 is 17.6 Å². The van der Waals surface area contributed by atoms with Crippen LogP contribution < -0.4 is 4.90 Å². The summed E-state index contributed by atoms with van der Waals surface area (Å²) in [5.41, 5.74) is 0.407. The molecule has 3 heterocycles. The fourth-order valence-electron chi connectivity index (χ4n) is 3.35. The molecule has 2 aliphatic rings. The molecule has 0 spiro atoms. The number of rotatable bonds is 2. The maximum Gasteiger partial charge on any atom is 0.410 e. The molecule has 0 bridgehead atoms. The Balaban J connectivity index is 1.59. The van der Waals surface area contributed by atoms with Gasteiger partial charge in [0.05, 0.1) is 5.69 Å². The highest BCUT2D eigenvalue weighted by Crippen LogP contribution is 2.34. The van der Waals surface area contributed by atoms with Gasteiger partial charge in [0.25, 0.3) is 0 Å². The molecule has 1 amide bonds. The Hall–Kier alpha value is -2.38. The van der Waals surface area contributed by atoms with Crippen LogP contribution in [0.3, 0.4) is 0 Å². The molecule has 0 aromatic carbocycles. The van der Waals surface area contributed by atoms with Gasteiger partial charge in [-0.15, -0.1) is 0 Å². The lowest BCUT2D eigenvalue weighted by Crippen LogP contribution is -2.37. The minimum atomic E-state index is -0.499. The van der Waals surface area contributed by atoms with Gasteiger partial charge in [-0.2, -0.15) is 0 Å². The average Bonchev–Trinajstić information content (AvgIpc) is 3.04. The molecular formula is C16H22N4O4. The Bertz CT molecular complexity index is 626. The van der Waals surface area contributed by atoms with E-state index in [1.54, 1.807) is 17.2 Å². The number of fused-ring (bicyclic) bond motifs is 1. The second-order valence-corrected chi connectivity index (χ2v) is 7.44. The molecule has 3 rings (SSSR count). The van der Waals surface area contributed by atoms with E-state index in [1.165, 1.54) is 6.07 Å². The molecule has 8 nitrogen and oxygen atoms in total. The summed E-state index contributed by atoms with van der Waals surface area (Å²) < 4.78 is 5.43. The largest absolute Gasteiger partial charge is 0.444 e. The molecule has 1 aromatic rings. The molecular weight excluding hydrogens is 312 g/mol. The number of nitrogens with zero attached hydrogens (tertiary/aromatic N) is 4. The number of nitro groups is 1. The summed E-state index contributed by atoms with van der Waals surface area (Å²) in [6.07, 6.45) is 1.30. The molecule has 0 radical (unpaired) electrons. The van der Waals surface area contributed by atoms with Crippen molar-refractivity contribution in [3.8, 4) is 0 Å². The van der Waals surface area contributed by atoms with Crippen LogP contribution in [0.25, 0.3) is 0 Å². The minimum Gasteiger partial charge on any atom is -0.444 e. The average molecular weight is 334 g/mol. The smallest absolute Gasteiger partial charge is 0.410 e. The van der Waals surface area contributed by atoms with Crippen LogP contribution in [0.1, 0.15) is 20.8 Å². The predicted octanol–water partition coefficient (Wildman–Crippen LogP) is 2.29. The Morgan fingerprint density at radius 1 is 1.25 bits per heavy atom. The molecule has 2 fully saturated rings. The Morgan fingerprint density at radius 3 is 2.33 bits per heavy atom. The maximum atomic E-state index is 12.2. The van der Waals surface area contributed by atoms with Crippen LogP contribution in [-0.4, -0.2) is 52.7 Å². The third kappa shape index (κ3) is 3.42. The van der Waals surface area contributed by atoms with Crippen LogP contribution >= 0.6 is 0 Å². The van der Waals surface area contributed by atoms with E-state index in [2.05, 4.69) is 9.88 Å². The van der Waals surface area contributed by atoms with E-state index in [4.69, 9.17) is 4.74 Å². The number of hydrogen-bond donors (Lipinski definition) is 0. The predicted molar refractivity (Wildman–Crippen MR) is 87.9 cm³/mol. The number of hydrogen-bond acceptors (Lipinski definition) is 6. The maximum absolute atomic E-state index is 12.2. The molecule has 1 aromatic heterocycles. The van der Waals surface area contributed by atoms with Gasteiger partial charge in [-0.25, -0.2) is 4.79 Å². The summed E-state index contributed by atoms with van der Waals surface area (Å²) in [6.45, 7) is 8.63. The molecule has 2 unspecified atom stereocenters. The highest BCUT2D eigenvalue weighted by molar-refractivity contribution is 5.68. The summed E-state index contributed by atoms with van der Waals surface area (Å²) in [4.78, 5) is 30.2. The van der Waals surface area contributed by atoms with Crippen molar-refractivity contribution in [1.82, 2.24) is 9.88 Å². The van der Waals surface area contributed by atoms with Gasteiger partial charge in [0.1, 0.15) is 5.60 Å². The first-order valence-electron chi connectivity index (χ1n) is 8.06. The van der Waals surface area contributed by atoms with Crippen molar-refractivity contribution in [2.24, 2.45) is 11.8 Å². The highest BCUT2D eigenvalue weighted by atomic mass is 16.6. The third-order valence-electron chi connectivity index (χ3n) is 4.42. The Kier molecular flexibility index (Phi) is 4.06. The van der Waals surface area contributed by atoms with Gasteiger partial charge in [-0.1, -0.05) is 0 Å². The van der Waals surface area contributed by atoms with E-state index >= 15 is 0 Å². The zero-order valence-electron chi connectivity index (χ0n) is 14.1. The second kappa shape index (κ2) is 5.92. The van der Waals surface area contributed by atoms with Gasteiger partial charge in [-0.3, -0.25) is 0 Å². The first kappa shape index (κ1) is 16.5. The summed E-state index contributed by atoms with van der Waals surface area (Å²) in [5, 5.41) is 10.7. The van der Waals surface area contributed by atoms with E-state index in [1.807, 2.05) is 20.8 Å². The first-order chi connectivity index (χ1) is 11.2. The number of carbonyl (C=O) groups is 1. The summed E-state index contributed by atoms with van der Waals surface area (Å²) in [5.74, 6) is 0.648. The fourth-order valence-corrected chi connectivity index (χ4v) is 3.35. The number of likely N-dealkylation sites (tertiary alicyclic amines) is 1. The van der Waals surface area contributed by atoms with Gasteiger partial charge in [0.2, 0.25) is 0 Å². The molecule has 0 saturated carbocycles. The van der Waals surface area contributed by atoms with Crippen molar-refractivity contribution in [3.05, 3.63) is 28.4 Å². The van der Waals surface area contributed by atoms with Gasteiger partial charge in [-0.05, 0) is 36.7 Å². The molecule has 130 valence electrons. The van der Waals surface area contributed by atoms with Gasteiger partial charge < -0.3 is 24.7 Å². The third-order valence-corrected chi connectivity index (χ3v) is 4.42. The van der Waals surface area contributed by atoms with Crippen molar-refractivity contribution in [3.63, 3.8) is 0 Å². The minimum absolute atomic E-state index is 0.144. The lowest BCUT2D eigenvalue weighted by molar-refractivity contribution is -0.389. The van der Waals surface area contributed by atoms with Crippen LogP contribution in [0.4, 0.5) is 16.3 Å². The van der Waals surface area contributed by atoms with E-state index < -0.39 is 10.5 Å². The Labute approximate surface area is 140 Å². The van der Waals surface area contributed by atoms with Crippen molar-refractivity contribution < 1.29 is 14.5 Å². The van der Waals surface area contributed by atoms with Crippen LogP contribution in [0.15, 0.2) is 18.3 Å². The van der Waals surface area contributed by atoms with E-state index in [0.717, 1.165) is 18.8 Å². The summed E-state index contributed by atoms with van der Waals surface area (Å²) >= 11 is 0. The fraction of sp³-hybridized carbons (Fsp3) is 0.625. The first-order valence-corrected chi connectivity index (χ1v) is 8.06. The standard InChI is InChI=1S/C16H22N4O4/c1-16(2,3)24-15(21)19-9-11-7-18(8-12(11)10-19)13-4-5-14(17-6-13)20(22)23/h4-6,11-12H,7-10H2,1-3H3. The molecule has 24 heavy (non-hydrogen) atoms. The Morgan fingerprint density at radius 2 is 1.88 bits per heavy atom. The van der Waals surface area contributed by atoms with Crippen molar-refractivity contribution in [2.45, 2.75) is 26.4 Å². The number of amides is 1. The van der Waals surface area contributed by atoms with Crippen LogP contribution in [0.5, 0.6) is 0 Å². The normalized spacial score (nSPS) is 23.3. The monoisotopic (exact) mass is 334 g/mol. The molecule has 8 heteroatoms. The molecule has 2 aliphatic heterocycles. The highest BCUT2D eigenvalue weighted by Gasteiger charge is 2.43. The molecule has 0 N–H and O–H groups in total. The molecule has 2 atom stereocenters. The van der Waals surface area contributed by atoms with Crippen molar-refractivity contribution in [1.29, 1.82) is 0 Å². The van der Waals surface area contributed by atoms with Crippen LogP contribution in [0.2, 0.25) is 0 Å². The van der Waals surface area contributed by atoms with Gasteiger partial charge in [0, 0.05) is 44.1 Å². The number of ether oxygens (including phenoxy) is 1. The SMILES string of the molecule is CC(C)(C)OC(=O)N1CC2CN(c3ccc([N+](=O)[O-])nc3)CC2C1. The lowest BCUT2D eigenvalue weighted by Gasteiger charge is -2.26. The van der Waals surface area contributed by atoms with Gasteiger partial charge in [0.15, 0.2) is 6.20 Å². The summed E-state index contributed by atoms with van der Waals surface area (Å²) in [7, 11) is 0. The zero-order valence-corrected chi connectivity index (χ0v) is 14.1. The number of aromatic nitrogens is 1. The van der Waals surface area contributed by atoms with E-state index in [9.17, 15) is 14.9 Å². The number of carbonyl (C=O) groups excluding carboxylic acids is 1.